The maximum absolute atomic E-state index is 5.72. The average molecular weight is 177 g/mol. The van der Waals surface area contributed by atoms with Gasteiger partial charge in [0.25, 0.3) is 0 Å². The van der Waals surface area contributed by atoms with Gasteiger partial charge >= 0.3 is 0 Å². The topological polar surface area (TPSA) is 0 Å². The van der Waals surface area contributed by atoms with Crippen molar-refractivity contribution in [2.24, 2.45) is 0 Å². The average Bonchev–Trinajstić information content (AvgIpc) is 2.09. The molecule has 60 valence electrons. The minimum atomic E-state index is 0.753. The highest BCUT2D eigenvalue weighted by Gasteiger charge is 1.88. The Morgan fingerprint density at radius 2 is 2.00 bits per heavy atom. The Bertz CT molecular complexity index is 311. The molecule has 0 aliphatic rings. The van der Waals surface area contributed by atoms with Gasteiger partial charge in [-0.1, -0.05) is 42.2 Å². The molecule has 0 nitrogen and oxygen atoms in total. The highest BCUT2D eigenvalue weighted by atomic mass is 35.5. The van der Waals surface area contributed by atoms with Crippen molar-refractivity contribution in [1.29, 1.82) is 0 Å². The van der Waals surface area contributed by atoms with E-state index in [4.69, 9.17) is 11.6 Å². The van der Waals surface area contributed by atoms with Crippen LogP contribution in [0.2, 0.25) is 5.02 Å². The SMILES string of the molecule is C=CC#CCc1ccc(Cl)cc1. The third kappa shape index (κ3) is 2.82. The number of hydrogen-bond acceptors (Lipinski definition) is 0. The number of allylic oxidation sites excluding steroid dienone is 1. The fourth-order valence-electron chi connectivity index (χ4n) is 0.828. The van der Waals surface area contributed by atoms with E-state index in [-0.39, 0.29) is 0 Å². The normalized spacial score (nSPS) is 8.42. The molecule has 0 aromatic heterocycles. The highest BCUT2D eigenvalue weighted by Crippen LogP contribution is 2.09. The van der Waals surface area contributed by atoms with Crippen molar-refractivity contribution in [1.82, 2.24) is 0 Å². The molecule has 0 aliphatic heterocycles. The van der Waals surface area contributed by atoms with E-state index in [1.54, 1.807) is 6.08 Å². The van der Waals surface area contributed by atoms with Gasteiger partial charge in [-0.05, 0) is 23.8 Å². The van der Waals surface area contributed by atoms with Crippen molar-refractivity contribution >= 4 is 11.6 Å². The van der Waals surface area contributed by atoms with Gasteiger partial charge in [0.15, 0.2) is 0 Å². The molecule has 0 fully saturated rings. The van der Waals surface area contributed by atoms with Gasteiger partial charge in [-0.15, -0.1) is 0 Å². The molecule has 0 heterocycles. The van der Waals surface area contributed by atoms with E-state index >= 15 is 0 Å². The van der Waals surface area contributed by atoms with Crippen molar-refractivity contribution in [3.05, 3.63) is 47.5 Å². The zero-order chi connectivity index (χ0) is 8.81. The molecule has 0 spiro atoms. The van der Waals surface area contributed by atoms with Crippen LogP contribution in [0, 0.1) is 11.8 Å². The lowest BCUT2D eigenvalue weighted by molar-refractivity contribution is 1.32. The van der Waals surface area contributed by atoms with Crippen LogP contribution in [0.25, 0.3) is 0 Å². The molecule has 0 unspecified atom stereocenters. The van der Waals surface area contributed by atoms with Crippen molar-refractivity contribution < 1.29 is 0 Å². The van der Waals surface area contributed by atoms with E-state index in [9.17, 15) is 0 Å². The maximum atomic E-state index is 5.72. The molecule has 0 saturated heterocycles. The summed E-state index contributed by atoms with van der Waals surface area (Å²) < 4.78 is 0. The van der Waals surface area contributed by atoms with E-state index in [1.165, 1.54) is 5.56 Å². The third-order valence-electron chi connectivity index (χ3n) is 1.41. The smallest absolute Gasteiger partial charge is 0.0406 e. The van der Waals surface area contributed by atoms with Crippen molar-refractivity contribution in [3.8, 4) is 11.8 Å². The predicted octanol–water partition coefficient (Wildman–Crippen LogP) is 3.07. The summed E-state index contributed by atoms with van der Waals surface area (Å²) in [6.07, 6.45) is 2.35. The lowest BCUT2D eigenvalue weighted by Crippen LogP contribution is -1.78. The van der Waals surface area contributed by atoms with Gasteiger partial charge in [-0.2, -0.15) is 0 Å². The summed E-state index contributed by atoms with van der Waals surface area (Å²) in [6, 6.07) is 7.68. The molecule has 1 aromatic rings. The molecule has 1 aromatic carbocycles. The van der Waals surface area contributed by atoms with Crippen molar-refractivity contribution in [2.45, 2.75) is 6.42 Å². The van der Waals surface area contributed by atoms with E-state index in [0.717, 1.165) is 11.4 Å². The molecule has 1 rings (SSSR count). The zero-order valence-corrected chi connectivity index (χ0v) is 7.43. The molecular formula is C11H9Cl. The summed E-state index contributed by atoms with van der Waals surface area (Å²) in [4.78, 5) is 0. The molecule has 12 heavy (non-hydrogen) atoms. The second-order valence-electron chi connectivity index (χ2n) is 2.33. The Morgan fingerprint density at radius 3 is 2.58 bits per heavy atom. The molecule has 0 radical (unpaired) electrons. The molecule has 0 aliphatic carbocycles. The summed E-state index contributed by atoms with van der Waals surface area (Å²) in [6.45, 7) is 3.51. The second-order valence-corrected chi connectivity index (χ2v) is 2.76. The Morgan fingerprint density at radius 1 is 1.33 bits per heavy atom. The number of hydrogen-bond donors (Lipinski definition) is 0. The Labute approximate surface area is 77.9 Å². The van der Waals surface area contributed by atoms with E-state index < -0.39 is 0 Å². The zero-order valence-electron chi connectivity index (χ0n) is 6.68. The first-order chi connectivity index (χ1) is 5.83. The Hall–Kier alpha value is -1.19. The number of benzene rings is 1. The lowest BCUT2D eigenvalue weighted by atomic mass is 10.2. The standard InChI is InChI=1S/C11H9Cl/c1-2-3-4-5-10-6-8-11(12)9-7-10/h2,6-9H,1,5H2. The summed E-state index contributed by atoms with van der Waals surface area (Å²) >= 11 is 5.72. The predicted molar refractivity (Wildman–Crippen MR) is 53.1 cm³/mol. The Kier molecular flexibility index (Phi) is 3.44. The fourth-order valence-corrected chi connectivity index (χ4v) is 0.954. The van der Waals surface area contributed by atoms with Crippen LogP contribution in [0.1, 0.15) is 5.56 Å². The van der Waals surface area contributed by atoms with E-state index in [0.29, 0.717) is 0 Å². The largest absolute Gasteiger partial charge is 0.0938 e. The number of halogens is 1. The lowest BCUT2D eigenvalue weighted by Gasteiger charge is -1.93. The first kappa shape index (κ1) is 8.90. The van der Waals surface area contributed by atoms with Crippen LogP contribution in [-0.2, 0) is 6.42 Å². The van der Waals surface area contributed by atoms with Gasteiger partial charge in [0.05, 0.1) is 0 Å². The van der Waals surface area contributed by atoms with Crippen LogP contribution >= 0.6 is 11.6 Å². The van der Waals surface area contributed by atoms with Gasteiger partial charge < -0.3 is 0 Å². The van der Waals surface area contributed by atoms with E-state index in [2.05, 4.69) is 18.4 Å². The molecule has 0 amide bonds. The molecule has 0 saturated carbocycles. The molecule has 0 atom stereocenters. The van der Waals surface area contributed by atoms with Crippen LogP contribution in [0.3, 0.4) is 0 Å². The van der Waals surface area contributed by atoms with Gasteiger partial charge in [0, 0.05) is 11.4 Å². The molecular weight excluding hydrogens is 168 g/mol. The fraction of sp³-hybridized carbons (Fsp3) is 0.0909. The van der Waals surface area contributed by atoms with Crippen molar-refractivity contribution in [3.63, 3.8) is 0 Å². The van der Waals surface area contributed by atoms with Crippen LogP contribution in [-0.4, -0.2) is 0 Å². The van der Waals surface area contributed by atoms with Crippen molar-refractivity contribution in [2.75, 3.05) is 0 Å². The molecule has 0 N–H and O–H groups in total. The van der Waals surface area contributed by atoms with Gasteiger partial charge in [0.1, 0.15) is 0 Å². The first-order valence-electron chi connectivity index (χ1n) is 3.66. The minimum Gasteiger partial charge on any atom is -0.0938 e. The third-order valence-corrected chi connectivity index (χ3v) is 1.66. The highest BCUT2D eigenvalue weighted by molar-refractivity contribution is 6.30. The summed E-state index contributed by atoms with van der Waals surface area (Å²) in [7, 11) is 0. The van der Waals surface area contributed by atoms with Gasteiger partial charge in [0.2, 0.25) is 0 Å². The van der Waals surface area contributed by atoms with Crippen LogP contribution in [0.4, 0.5) is 0 Å². The van der Waals surface area contributed by atoms with Gasteiger partial charge in [-0.25, -0.2) is 0 Å². The quantitative estimate of drug-likeness (QED) is 0.577. The maximum Gasteiger partial charge on any atom is 0.0406 e. The van der Waals surface area contributed by atoms with Crippen LogP contribution in [0.15, 0.2) is 36.9 Å². The summed E-state index contributed by atoms with van der Waals surface area (Å²) in [5.74, 6) is 5.75. The minimum absolute atomic E-state index is 0.753. The van der Waals surface area contributed by atoms with Crippen LogP contribution in [0.5, 0.6) is 0 Å². The number of rotatable bonds is 1. The van der Waals surface area contributed by atoms with Crippen LogP contribution < -0.4 is 0 Å². The Balaban J connectivity index is 2.64. The van der Waals surface area contributed by atoms with E-state index in [1.807, 2.05) is 24.3 Å². The second kappa shape index (κ2) is 4.64. The summed E-state index contributed by atoms with van der Waals surface area (Å²) in [5, 5.41) is 0.760. The summed E-state index contributed by atoms with van der Waals surface area (Å²) in [5.41, 5.74) is 1.17. The molecule has 1 heteroatoms. The monoisotopic (exact) mass is 176 g/mol. The first-order valence-corrected chi connectivity index (χ1v) is 4.04. The molecule has 0 bridgehead atoms. The van der Waals surface area contributed by atoms with Gasteiger partial charge in [-0.3, -0.25) is 0 Å².